The molecule has 2 aromatic rings. The summed E-state index contributed by atoms with van der Waals surface area (Å²) in [6.45, 7) is 3.94. The van der Waals surface area contributed by atoms with Gasteiger partial charge in [0.2, 0.25) is 5.91 Å². The van der Waals surface area contributed by atoms with Gasteiger partial charge in [0, 0.05) is 24.9 Å². The van der Waals surface area contributed by atoms with Crippen molar-refractivity contribution in [1.29, 1.82) is 0 Å². The van der Waals surface area contributed by atoms with Crippen LogP contribution in [0.1, 0.15) is 18.1 Å². The van der Waals surface area contributed by atoms with Crippen LogP contribution in [0.25, 0.3) is 11.0 Å². The molecule has 4 nitrogen and oxygen atoms in total. The van der Waals surface area contributed by atoms with E-state index >= 15 is 0 Å². The Labute approximate surface area is 105 Å². The molecule has 1 aromatic carbocycles. The molecule has 18 heavy (non-hydrogen) atoms. The van der Waals surface area contributed by atoms with E-state index in [4.69, 9.17) is 4.42 Å². The van der Waals surface area contributed by atoms with Crippen molar-refractivity contribution in [2.75, 3.05) is 6.54 Å². The second kappa shape index (κ2) is 5.04. The maximum absolute atomic E-state index is 11.5. The van der Waals surface area contributed by atoms with Gasteiger partial charge >= 0.3 is 5.63 Å². The Kier molecular flexibility index (Phi) is 3.46. The van der Waals surface area contributed by atoms with Crippen LogP contribution in [-0.4, -0.2) is 12.5 Å². The second-order valence-electron chi connectivity index (χ2n) is 4.32. The molecular weight excluding hydrogens is 230 g/mol. The van der Waals surface area contributed by atoms with E-state index in [2.05, 4.69) is 5.32 Å². The van der Waals surface area contributed by atoms with Crippen LogP contribution in [-0.2, 0) is 11.2 Å². The molecule has 94 valence electrons. The summed E-state index contributed by atoms with van der Waals surface area (Å²) in [5, 5.41) is 3.64. The topological polar surface area (TPSA) is 59.3 Å². The van der Waals surface area contributed by atoms with Crippen LogP contribution >= 0.6 is 0 Å². The van der Waals surface area contributed by atoms with Gasteiger partial charge in [-0.05, 0) is 30.5 Å². The molecule has 0 radical (unpaired) electrons. The van der Waals surface area contributed by atoms with Crippen LogP contribution in [0, 0.1) is 6.92 Å². The lowest BCUT2D eigenvalue weighted by Crippen LogP contribution is -2.22. The lowest BCUT2D eigenvalue weighted by atomic mass is 10.1. The standard InChI is InChI=1S/C14H15NO3/c1-9-3-4-12-11(5-6-15-10(2)16)8-14(17)18-13(12)7-9/h3-4,7-8H,5-6H2,1-2H3,(H,15,16). The van der Waals surface area contributed by atoms with Crippen LogP contribution in [0.15, 0.2) is 33.5 Å². The Bertz CT molecular complexity index is 643. The summed E-state index contributed by atoms with van der Waals surface area (Å²) < 4.78 is 5.17. The Morgan fingerprint density at radius 3 is 2.83 bits per heavy atom. The van der Waals surface area contributed by atoms with Gasteiger partial charge in [-0.25, -0.2) is 4.79 Å². The fraction of sp³-hybridized carbons (Fsp3) is 0.286. The molecule has 0 atom stereocenters. The molecular formula is C14H15NO3. The van der Waals surface area contributed by atoms with E-state index in [0.29, 0.717) is 18.5 Å². The first-order valence-corrected chi connectivity index (χ1v) is 5.84. The lowest BCUT2D eigenvalue weighted by molar-refractivity contribution is -0.118. The molecule has 4 heteroatoms. The zero-order valence-corrected chi connectivity index (χ0v) is 10.4. The van der Waals surface area contributed by atoms with Crippen molar-refractivity contribution in [2.24, 2.45) is 0 Å². The Hall–Kier alpha value is -2.10. The highest BCUT2D eigenvalue weighted by atomic mass is 16.4. The van der Waals surface area contributed by atoms with E-state index in [-0.39, 0.29) is 11.5 Å². The SMILES string of the molecule is CC(=O)NCCc1cc(=O)oc2cc(C)ccc12. The number of amides is 1. The third-order valence-corrected chi connectivity index (χ3v) is 2.75. The number of rotatable bonds is 3. The number of benzene rings is 1. The van der Waals surface area contributed by atoms with Gasteiger partial charge in [0.05, 0.1) is 0 Å². The van der Waals surface area contributed by atoms with Gasteiger partial charge in [0.15, 0.2) is 0 Å². The van der Waals surface area contributed by atoms with Crippen LogP contribution in [0.3, 0.4) is 0 Å². The van der Waals surface area contributed by atoms with E-state index in [0.717, 1.165) is 16.5 Å². The van der Waals surface area contributed by atoms with Crippen molar-refractivity contribution in [2.45, 2.75) is 20.3 Å². The largest absolute Gasteiger partial charge is 0.423 e. The van der Waals surface area contributed by atoms with Gasteiger partial charge in [-0.3, -0.25) is 4.79 Å². The fourth-order valence-electron chi connectivity index (χ4n) is 1.92. The van der Waals surface area contributed by atoms with E-state index in [1.807, 2.05) is 25.1 Å². The first-order chi connectivity index (χ1) is 8.56. The number of carbonyl (C=O) groups excluding carboxylic acids is 1. The zero-order valence-electron chi connectivity index (χ0n) is 10.4. The molecule has 2 rings (SSSR count). The predicted molar refractivity (Wildman–Crippen MR) is 69.6 cm³/mol. The minimum absolute atomic E-state index is 0.0712. The third-order valence-electron chi connectivity index (χ3n) is 2.75. The molecule has 0 aliphatic carbocycles. The zero-order chi connectivity index (χ0) is 13.1. The second-order valence-corrected chi connectivity index (χ2v) is 4.32. The summed E-state index contributed by atoms with van der Waals surface area (Å²) >= 11 is 0. The van der Waals surface area contributed by atoms with Crippen molar-refractivity contribution in [1.82, 2.24) is 5.32 Å². The van der Waals surface area contributed by atoms with Crippen LogP contribution < -0.4 is 10.9 Å². The number of aryl methyl sites for hydroxylation is 1. The molecule has 0 bridgehead atoms. The summed E-state index contributed by atoms with van der Waals surface area (Å²) in [5.74, 6) is -0.0712. The number of fused-ring (bicyclic) bond motifs is 1. The average Bonchev–Trinajstić information content (AvgIpc) is 2.27. The van der Waals surface area contributed by atoms with Crippen molar-refractivity contribution < 1.29 is 9.21 Å². The molecule has 0 saturated carbocycles. The van der Waals surface area contributed by atoms with Gasteiger partial charge < -0.3 is 9.73 Å². The highest BCUT2D eigenvalue weighted by molar-refractivity contribution is 5.81. The molecule has 0 spiro atoms. The molecule has 1 aromatic heterocycles. The Morgan fingerprint density at radius 2 is 2.11 bits per heavy atom. The lowest BCUT2D eigenvalue weighted by Gasteiger charge is -2.06. The molecule has 0 fully saturated rings. The summed E-state index contributed by atoms with van der Waals surface area (Å²) in [6, 6.07) is 7.25. The fourth-order valence-corrected chi connectivity index (χ4v) is 1.92. The number of hydrogen-bond acceptors (Lipinski definition) is 3. The predicted octanol–water partition coefficient (Wildman–Crippen LogP) is 1.78. The molecule has 0 saturated heterocycles. The van der Waals surface area contributed by atoms with Crippen molar-refractivity contribution in [3.8, 4) is 0 Å². The third kappa shape index (κ3) is 2.77. The molecule has 1 amide bonds. The molecule has 1 heterocycles. The smallest absolute Gasteiger partial charge is 0.336 e. The number of nitrogens with one attached hydrogen (secondary N) is 1. The van der Waals surface area contributed by atoms with Gasteiger partial charge in [0.25, 0.3) is 0 Å². The Morgan fingerprint density at radius 1 is 1.33 bits per heavy atom. The van der Waals surface area contributed by atoms with E-state index in [1.165, 1.54) is 13.0 Å². The summed E-state index contributed by atoms with van der Waals surface area (Å²) in [5.41, 5.74) is 2.19. The van der Waals surface area contributed by atoms with Crippen molar-refractivity contribution in [3.63, 3.8) is 0 Å². The van der Waals surface area contributed by atoms with Gasteiger partial charge in [-0.15, -0.1) is 0 Å². The van der Waals surface area contributed by atoms with E-state index in [9.17, 15) is 9.59 Å². The highest BCUT2D eigenvalue weighted by Crippen LogP contribution is 2.18. The highest BCUT2D eigenvalue weighted by Gasteiger charge is 2.05. The maximum atomic E-state index is 11.5. The van der Waals surface area contributed by atoms with Crippen LogP contribution in [0.5, 0.6) is 0 Å². The molecule has 0 aliphatic heterocycles. The summed E-state index contributed by atoms with van der Waals surface area (Å²) in [4.78, 5) is 22.3. The number of hydrogen-bond donors (Lipinski definition) is 1. The molecule has 0 aliphatic rings. The first kappa shape index (κ1) is 12.4. The van der Waals surface area contributed by atoms with Crippen molar-refractivity contribution in [3.05, 3.63) is 45.8 Å². The molecule has 0 unspecified atom stereocenters. The van der Waals surface area contributed by atoms with E-state index < -0.39 is 0 Å². The van der Waals surface area contributed by atoms with Crippen molar-refractivity contribution >= 4 is 16.9 Å². The van der Waals surface area contributed by atoms with Crippen LogP contribution in [0.4, 0.5) is 0 Å². The Balaban J connectivity index is 2.37. The van der Waals surface area contributed by atoms with Gasteiger partial charge in [-0.2, -0.15) is 0 Å². The minimum atomic E-state index is -0.356. The first-order valence-electron chi connectivity index (χ1n) is 5.84. The average molecular weight is 245 g/mol. The minimum Gasteiger partial charge on any atom is -0.423 e. The van der Waals surface area contributed by atoms with E-state index in [1.54, 1.807) is 0 Å². The maximum Gasteiger partial charge on any atom is 0.336 e. The quantitative estimate of drug-likeness (QED) is 0.838. The monoisotopic (exact) mass is 245 g/mol. The van der Waals surface area contributed by atoms with Gasteiger partial charge in [-0.1, -0.05) is 12.1 Å². The summed E-state index contributed by atoms with van der Waals surface area (Å²) in [7, 11) is 0. The normalized spacial score (nSPS) is 10.6. The number of carbonyl (C=O) groups is 1. The van der Waals surface area contributed by atoms with Gasteiger partial charge in [0.1, 0.15) is 5.58 Å². The van der Waals surface area contributed by atoms with Crippen LogP contribution in [0.2, 0.25) is 0 Å². The molecule has 1 N–H and O–H groups in total. The summed E-state index contributed by atoms with van der Waals surface area (Å²) in [6.07, 6.45) is 0.616.